The standard InChI is InChI=1S/C31H22F2O2/c1-5-21-7-17-29(27(32)19-21)34-25-13-9-23(10-14-25)31(3,4)24-11-15-26(16-12-24)35-30-18-8-22(6-2)20-28(30)33/h1-2,7-20H,3-4H3. The van der Waals surface area contributed by atoms with Crippen LogP contribution in [0.5, 0.6) is 23.0 Å². The minimum atomic E-state index is -0.515. The van der Waals surface area contributed by atoms with Gasteiger partial charge in [0.15, 0.2) is 23.1 Å². The van der Waals surface area contributed by atoms with E-state index in [0.29, 0.717) is 22.6 Å². The molecule has 0 fully saturated rings. The van der Waals surface area contributed by atoms with Crippen LogP contribution in [0.25, 0.3) is 0 Å². The van der Waals surface area contributed by atoms with E-state index in [1.54, 1.807) is 36.4 Å². The van der Waals surface area contributed by atoms with Crippen LogP contribution in [0.4, 0.5) is 8.78 Å². The van der Waals surface area contributed by atoms with Crippen molar-refractivity contribution in [2.45, 2.75) is 19.3 Å². The van der Waals surface area contributed by atoms with Gasteiger partial charge in [-0.05, 0) is 71.8 Å². The summed E-state index contributed by atoms with van der Waals surface area (Å²) in [5, 5.41) is 0. The molecule has 4 heteroatoms. The fourth-order valence-corrected chi connectivity index (χ4v) is 3.65. The topological polar surface area (TPSA) is 18.5 Å². The number of halogens is 2. The van der Waals surface area contributed by atoms with Crippen LogP contribution < -0.4 is 9.47 Å². The molecule has 0 amide bonds. The van der Waals surface area contributed by atoms with Crippen LogP contribution in [0.1, 0.15) is 36.1 Å². The lowest BCUT2D eigenvalue weighted by molar-refractivity contribution is 0.441. The number of hydrogen-bond acceptors (Lipinski definition) is 2. The van der Waals surface area contributed by atoms with Gasteiger partial charge in [0.05, 0.1) is 0 Å². The van der Waals surface area contributed by atoms with Crippen molar-refractivity contribution in [1.29, 1.82) is 0 Å². The van der Waals surface area contributed by atoms with Crippen molar-refractivity contribution in [3.05, 3.63) is 119 Å². The van der Waals surface area contributed by atoms with E-state index < -0.39 is 11.6 Å². The lowest BCUT2D eigenvalue weighted by Crippen LogP contribution is -2.18. The Bertz CT molecular complexity index is 1330. The third-order valence-corrected chi connectivity index (χ3v) is 5.80. The predicted molar refractivity (Wildman–Crippen MR) is 134 cm³/mol. The summed E-state index contributed by atoms with van der Waals surface area (Å²) in [5.74, 6) is 5.00. The minimum Gasteiger partial charge on any atom is -0.454 e. The Morgan fingerprint density at radius 3 is 1.29 bits per heavy atom. The van der Waals surface area contributed by atoms with Crippen molar-refractivity contribution >= 4 is 0 Å². The largest absolute Gasteiger partial charge is 0.454 e. The first-order chi connectivity index (χ1) is 16.8. The molecule has 0 heterocycles. The van der Waals surface area contributed by atoms with E-state index in [-0.39, 0.29) is 16.9 Å². The smallest absolute Gasteiger partial charge is 0.166 e. The van der Waals surface area contributed by atoms with Gasteiger partial charge in [0, 0.05) is 16.5 Å². The molecule has 2 nitrogen and oxygen atoms in total. The highest BCUT2D eigenvalue weighted by Gasteiger charge is 2.23. The van der Waals surface area contributed by atoms with Crippen molar-refractivity contribution in [2.75, 3.05) is 0 Å². The molecule has 172 valence electrons. The van der Waals surface area contributed by atoms with E-state index in [9.17, 15) is 8.78 Å². The van der Waals surface area contributed by atoms with E-state index in [4.69, 9.17) is 22.3 Å². The van der Waals surface area contributed by atoms with Gasteiger partial charge in [-0.15, -0.1) is 12.8 Å². The van der Waals surface area contributed by atoms with Crippen LogP contribution in [0, 0.1) is 36.3 Å². The SMILES string of the molecule is C#Cc1ccc(Oc2ccc(C(C)(C)c3ccc(Oc4ccc(C#C)cc4F)cc3)cc2)c(F)c1. The monoisotopic (exact) mass is 464 g/mol. The van der Waals surface area contributed by atoms with Gasteiger partial charge < -0.3 is 9.47 Å². The number of ether oxygens (including phenoxy) is 2. The summed E-state index contributed by atoms with van der Waals surface area (Å²) in [5.41, 5.74) is 2.65. The Morgan fingerprint density at radius 1 is 0.600 bits per heavy atom. The van der Waals surface area contributed by atoms with E-state index >= 15 is 0 Å². The Labute approximate surface area is 204 Å². The second-order valence-electron chi connectivity index (χ2n) is 8.46. The quantitative estimate of drug-likeness (QED) is 0.271. The summed E-state index contributed by atoms with van der Waals surface area (Å²) in [6.45, 7) is 4.18. The molecule has 0 spiro atoms. The van der Waals surface area contributed by atoms with Gasteiger partial charge in [-0.1, -0.05) is 50.0 Å². The number of terminal acetylenes is 2. The minimum absolute atomic E-state index is 0.108. The van der Waals surface area contributed by atoms with Crippen LogP contribution in [0.3, 0.4) is 0 Å². The zero-order valence-electron chi connectivity index (χ0n) is 19.3. The molecule has 0 aromatic heterocycles. The summed E-state index contributed by atoms with van der Waals surface area (Å²) in [4.78, 5) is 0. The molecule has 0 atom stereocenters. The van der Waals surface area contributed by atoms with E-state index in [2.05, 4.69) is 25.7 Å². The molecule has 0 unspecified atom stereocenters. The maximum Gasteiger partial charge on any atom is 0.166 e. The molecule has 0 N–H and O–H groups in total. The van der Waals surface area contributed by atoms with Gasteiger partial charge in [-0.3, -0.25) is 0 Å². The first-order valence-corrected chi connectivity index (χ1v) is 10.9. The Hall–Kier alpha value is -4.54. The predicted octanol–water partition coefficient (Wildman–Crippen LogP) is 7.84. The summed E-state index contributed by atoms with van der Waals surface area (Å²) >= 11 is 0. The summed E-state index contributed by atoms with van der Waals surface area (Å²) < 4.78 is 39.7. The zero-order chi connectivity index (χ0) is 25.0. The van der Waals surface area contributed by atoms with Gasteiger partial charge in [0.1, 0.15) is 11.5 Å². The van der Waals surface area contributed by atoms with E-state index in [1.165, 1.54) is 24.3 Å². The fraction of sp³-hybridized carbons (Fsp3) is 0.0968. The number of hydrogen-bond donors (Lipinski definition) is 0. The van der Waals surface area contributed by atoms with E-state index in [1.807, 2.05) is 24.3 Å². The second-order valence-corrected chi connectivity index (χ2v) is 8.46. The Balaban J connectivity index is 1.48. The van der Waals surface area contributed by atoms with Crippen molar-refractivity contribution < 1.29 is 18.3 Å². The van der Waals surface area contributed by atoms with Crippen LogP contribution >= 0.6 is 0 Å². The average Bonchev–Trinajstić information content (AvgIpc) is 2.87. The molecule has 4 aromatic rings. The lowest BCUT2D eigenvalue weighted by atomic mass is 9.78. The van der Waals surface area contributed by atoms with Crippen molar-refractivity contribution in [3.63, 3.8) is 0 Å². The van der Waals surface area contributed by atoms with Gasteiger partial charge in [-0.2, -0.15) is 0 Å². The highest BCUT2D eigenvalue weighted by molar-refractivity contribution is 5.45. The maximum absolute atomic E-state index is 14.2. The maximum atomic E-state index is 14.2. The normalized spacial score (nSPS) is 10.8. The van der Waals surface area contributed by atoms with Crippen LogP contribution in [0.2, 0.25) is 0 Å². The second kappa shape index (κ2) is 9.75. The number of rotatable bonds is 6. The molecular weight excluding hydrogens is 442 g/mol. The molecule has 0 bridgehead atoms. The van der Waals surface area contributed by atoms with Crippen molar-refractivity contribution in [1.82, 2.24) is 0 Å². The average molecular weight is 465 g/mol. The van der Waals surface area contributed by atoms with Gasteiger partial charge in [-0.25, -0.2) is 8.78 Å². The van der Waals surface area contributed by atoms with Gasteiger partial charge >= 0.3 is 0 Å². The van der Waals surface area contributed by atoms with Crippen LogP contribution in [0.15, 0.2) is 84.9 Å². The highest BCUT2D eigenvalue weighted by Crippen LogP contribution is 2.35. The summed E-state index contributed by atoms with van der Waals surface area (Å²) in [6.07, 6.45) is 10.6. The highest BCUT2D eigenvalue weighted by atomic mass is 19.1. The van der Waals surface area contributed by atoms with Gasteiger partial charge in [0.25, 0.3) is 0 Å². The van der Waals surface area contributed by atoms with Crippen LogP contribution in [-0.2, 0) is 5.41 Å². The van der Waals surface area contributed by atoms with E-state index in [0.717, 1.165) is 11.1 Å². The first-order valence-electron chi connectivity index (χ1n) is 10.9. The lowest BCUT2D eigenvalue weighted by Gasteiger charge is -2.26. The molecule has 35 heavy (non-hydrogen) atoms. The first kappa shape index (κ1) is 23.6. The molecule has 4 aromatic carbocycles. The third-order valence-electron chi connectivity index (χ3n) is 5.80. The summed E-state index contributed by atoms with van der Waals surface area (Å²) in [6, 6.07) is 23.8. The van der Waals surface area contributed by atoms with Crippen molar-refractivity contribution in [2.24, 2.45) is 0 Å². The molecule has 0 aliphatic heterocycles. The zero-order valence-corrected chi connectivity index (χ0v) is 19.3. The summed E-state index contributed by atoms with van der Waals surface area (Å²) in [7, 11) is 0. The molecule has 0 aliphatic rings. The Morgan fingerprint density at radius 2 is 0.971 bits per heavy atom. The van der Waals surface area contributed by atoms with Crippen LogP contribution in [-0.4, -0.2) is 0 Å². The number of benzene rings is 4. The molecule has 0 saturated carbocycles. The van der Waals surface area contributed by atoms with Crippen molar-refractivity contribution in [3.8, 4) is 47.7 Å². The molecule has 0 radical (unpaired) electrons. The Kier molecular flexibility index (Phi) is 6.58. The fourth-order valence-electron chi connectivity index (χ4n) is 3.65. The molecule has 0 aliphatic carbocycles. The third kappa shape index (κ3) is 5.18. The molecular formula is C31H22F2O2. The molecule has 4 rings (SSSR count). The molecule has 0 saturated heterocycles. The van der Waals surface area contributed by atoms with Gasteiger partial charge in [0.2, 0.25) is 0 Å².